The Labute approximate surface area is 166 Å². The molecule has 4 rings (SSSR count). The van der Waals surface area contributed by atoms with Gasteiger partial charge in [-0.2, -0.15) is 13.4 Å². The second-order valence-corrected chi connectivity index (χ2v) is 7.60. The molecule has 0 bridgehead atoms. The molecule has 0 saturated heterocycles. The number of nitrogens with zero attached hydrogens (tertiary/aromatic N) is 5. The van der Waals surface area contributed by atoms with E-state index < -0.39 is 10.3 Å². The van der Waals surface area contributed by atoms with Gasteiger partial charge in [-0.1, -0.05) is 47.7 Å². The van der Waals surface area contributed by atoms with Crippen molar-refractivity contribution < 1.29 is 13.0 Å². The average molecular weight is 411 g/mol. The normalized spacial score (nSPS) is 11.7. The van der Waals surface area contributed by atoms with Crippen LogP contribution in [0.15, 0.2) is 48.5 Å². The van der Waals surface area contributed by atoms with Crippen LogP contribution in [0.1, 0.15) is 11.1 Å². The van der Waals surface area contributed by atoms with Crippen molar-refractivity contribution in [2.24, 2.45) is 0 Å². The first-order valence-electron chi connectivity index (χ1n) is 8.57. The van der Waals surface area contributed by atoms with Crippen LogP contribution in [0.2, 0.25) is 0 Å². The van der Waals surface area contributed by atoms with Gasteiger partial charge in [-0.05, 0) is 24.1 Å². The molecule has 0 fully saturated rings. The number of hydrogen-bond donors (Lipinski definition) is 3. The monoisotopic (exact) mass is 411 g/mol. The van der Waals surface area contributed by atoms with Crippen LogP contribution in [0.4, 0.5) is 11.6 Å². The van der Waals surface area contributed by atoms with E-state index in [2.05, 4.69) is 25.0 Å². The molecule has 0 saturated carbocycles. The Bertz CT molecular complexity index is 1300. The number of fused-ring (bicyclic) bond motifs is 1. The first kappa shape index (κ1) is 18.8. The third-order valence-corrected chi connectivity index (χ3v) is 4.78. The third-order valence-electron chi connectivity index (χ3n) is 4.30. The highest BCUT2D eigenvalue weighted by Crippen LogP contribution is 2.25. The molecule has 4 aromatic rings. The number of nitrogens with two attached hydrogens (primary N) is 1. The molecular weight excluding hydrogens is 394 g/mol. The Morgan fingerprint density at radius 1 is 1.14 bits per heavy atom. The zero-order valence-electron chi connectivity index (χ0n) is 15.3. The van der Waals surface area contributed by atoms with Crippen LogP contribution in [0, 0.1) is 6.92 Å². The highest BCUT2D eigenvalue weighted by atomic mass is 32.2. The maximum atomic E-state index is 11.2. The molecule has 2 heterocycles. The SMILES string of the molecule is Cc1ccc(Cn2nnc3c(-c4ccccc4)nc(N)nc32)cc1NS(=O)(=O)O. The van der Waals surface area contributed by atoms with Crippen molar-refractivity contribution in [2.45, 2.75) is 13.5 Å². The summed E-state index contributed by atoms with van der Waals surface area (Å²) >= 11 is 0. The minimum Gasteiger partial charge on any atom is -0.368 e. The summed E-state index contributed by atoms with van der Waals surface area (Å²) in [6, 6.07) is 14.6. The molecule has 2 aromatic carbocycles. The summed E-state index contributed by atoms with van der Waals surface area (Å²) in [5.41, 5.74) is 9.95. The van der Waals surface area contributed by atoms with Crippen molar-refractivity contribution in [1.82, 2.24) is 25.0 Å². The number of nitrogens with one attached hydrogen (secondary N) is 1. The largest absolute Gasteiger partial charge is 0.368 e. The Hall–Kier alpha value is -3.57. The van der Waals surface area contributed by atoms with Crippen molar-refractivity contribution in [3.8, 4) is 11.3 Å². The van der Waals surface area contributed by atoms with Crippen molar-refractivity contribution in [2.75, 3.05) is 10.5 Å². The second kappa shape index (κ2) is 7.11. The van der Waals surface area contributed by atoms with Crippen LogP contribution in [0.5, 0.6) is 0 Å². The number of anilines is 2. The van der Waals surface area contributed by atoms with E-state index in [0.29, 0.717) is 22.4 Å². The summed E-state index contributed by atoms with van der Waals surface area (Å²) in [5, 5.41) is 8.38. The van der Waals surface area contributed by atoms with E-state index in [9.17, 15) is 8.42 Å². The van der Waals surface area contributed by atoms with Crippen LogP contribution < -0.4 is 10.5 Å². The molecule has 0 aliphatic rings. The van der Waals surface area contributed by atoms with E-state index in [1.165, 1.54) is 0 Å². The van der Waals surface area contributed by atoms with Crippen LogP contribution in [-0.4, -0.2) is 37.9 Å². The minimum absolute atomic E-state index is 0.0949. The van der Waals surface area contributed by atoms with Gasteiger partial charge >= 0.3 is 10.3 Å². The number of benzene rings is 2. The molecule has 148 valence electrons. The van der Waals surface area contributed by atoms with Gasteiger partial charge in [0.05, 0.1) is 12.2 Å². The minimum atomic E-state index is -4.38. The lowest BCUT2D eigenvalue weighted by Gasteiger charge is -2.10. The van der Waals surface area contributed by atoms with E-state index in [1.807, 2.05) is 36.4 Å². The lowest BCUT2D eigenvalue weighted by atomic mass is 10.1. The van der Waals surface area contributed by atoms with Crippen molar-refractivity contribution in [3.05, 3.63) is 59.7 Å². The van der Waals surface area contributed by atoms with Gasteiger partial charge < -0.3 is 5.73 Å². The van der Waals surface area contributed by atoms with Crippen molar-refractivity contribution in [3.63, 3.8) is 0 Å². The highest BCUT2D eigenvalue weighted by molar-refractivity contribution is 7.87. The predicted octanol–water partition coefficient (Wildman–Crippen LogP) is 2.04. The molecule has 0 atom stereocenters. The lowest BCUT2D eigenvalue weighted by Crippen LogP contribution is -2.12. The first-order valence-corrected chi connectivity index (χ1v) is 10.0. The number of rotatable bonds is 5. The van der Waals surface area contributed by atoms with Crippen LogP contribution in [0.3, 0.4) is 0 Å². The molecule has 0 amide bonds. The highest BCUT2D eigenvalue weighted by Gasteiger charge is 2.16. The summed E-state index contributed by atoms with van der Waals surface area (Å²) in [7, 11) is -4.38. The summed E-state index contributed by atoms with van der Waals surface area (Å²) in [4.78, 5) is 8.57. The number of aromatic nitrogens is 5. The Morgan fingerprint density at radius 3 is 2.62 bits per heavy atom. The standard InChI is InChI=1S/C18H17N7O3S/c1-11-7-8-12(9-14(11)23-29(26,27)28)10-25-17-16(22-24-25)15(20-18(19)21-17)13-5-3-2-4-6-13/h2-9,23H,10H2,1H3,(H2,19,20,21)(H,26,27,28). The number of hydrogen-bond acceptors (Lipinski definition) is 7. The molecule has 29 heavy (non-hydrogen) atoms. The fourth-order valence-electron chi connectivity index (χ4n) is 2.97. The van der Waals surface area contributed by atoms with Gasteiger partial charge in [-0.3, -0.25) is 9.27 Å². The Morgan fingerprint density at radius 2 is 1.90 bits per heavy atom. The quantitative estimate of drug-likeness (QED) is 0.422. The summed E-state index contributed by atoms with van der Waals surface area (Å²) in [6.07, 6.45) is 0. The van der Waals surface area contributed by atoms with Crippen LogP contribution >= 0.6 is 0 Å². The number of aryl methyl sites for hydroxylation is 1. The van der Waals surface area contributed by atoms with Gasteiger partial charge in [0.25, 0.3) is 0 Å². The van der Waals surface area contributed by atoms with E-state index >= 15 is 0 Å². The average Bonchev–Trinajstić information content (AvgIpc) is 3.06. The number of nitrogen functional groups attached to an aromatic ring is 1. The molecule has 0 aliphatic heterocycles. The van der Waals surface area contributed by atoms with E-state index in [4.69, 9.17) is 10.3 Å². The van der Waals surface area contributed by atoms with Crippen LogP contribution in [0.25, 0.3) is 22.4 Å². The molecule has 0 aliphatic carbocycles. The molecule has 0 unspecified atom stereocenters. The Balaban J connectivity index is 1.75. The van der Waals surface area contributed by atoms with Gasteiger partial charge in [0.1, 0.15) is 5.69 Å². The summed E-state index contributed by atoms with van der Waals surface area (Å²) in [6.45, 7) is 1.99. The maximum absolute atomic E-state index is 11.2. The second-order valence-electron chi connectivity index (χ2n) is 6.44. The van der Waals surface area contributed by atoms with E-state index in [1.54, 1.807) is 23.7 Å². The molecular formula is C18H17N7O3S. The van der Waals surface area contributed by atoms with Gasteiger partial charge in [0, 0.05) is 5.56 Å². The van der Waals surface area contributed by atoms with Crippen molar-refractivity contribution in [1.29, 1.82) is 0 Å². The van der Waals surface area contributed by atoms with Gasteiger partial charge in [-0.15, -0.1) is 5.10 Å². The fourth-order valence-corrected chi connectivity index (χ4v) is 3.46. The zero-order chi connectivity index (χ0) is 20.6. The molecule has 0 spiro atoms. The molecule has 0 radical (unpaired) electrons. The zero-order valence-corrected chi connectivity index (χ0v) is 16.1. The van der Waals surface area contributed by atoms with Gasteiger partial charge in [-0.25, -0.2) is 9.67 Å². The predicted molar refractivity (Wildman–Crippen MR) is 108 cm³/mol. The summed E-state index contributed by atoms with van der Waals surface area (Å²) < 4.78 is 35.0. The van der Waals surface area contributed by atoms with Crippen molar-refractivity contribution >= 4 is 33.1 Å². The summed E-state index contributed by atoms with van der Waals surface area (Å²) in [5.74, 6) is 0.0949. The molecule has 4 N–H and O–H groups in total. The Kier molecular flexibility index (Phi) is 4.60. The maximum Gasteiger partial charge on any atom is 0.357 e. The molecule has 11 heteroatoms. The molecule has 10 nitrogen and oxygen atoms in total. The van der Waals surface area contributed by atoms with E-state index in [0.717, 1.165) is 11.1 Å². The topological polar surface area (TPSA) is 149 Å². The van der Waals surface area contributed by atoms with Gasteiger partial charge in [0.2, 0.25) is 5.95 Å². The fraction of sp³-hybridized carbons (Fsp3) is 0.111. The smallest absolute Gasteiger partial charge is 0.357 e. The van der Waals surface area contributed by atoms with Gasteiger partial charge in [0.15, 0.2) is 11.2 Å². The molecule has 2 aromatic heterocycles. The first-order chi connectivity index (χ1) is 13.8. The van der Waals surface area contributed by atoms with E-state index in [-0.39, 0.29) is 18.2 Å². The third kappa shape index (κ3) is 4.00. The van der Waals surface area contributed by atoms with Crippen LogP contribution in [-0.2, 0) is 16.8 Å². The lowest BCUT2D eigenvalue weighted by molar-refractivity contribution is 0.489.